The Hall–Kier alpha value is -0.410. The van der Waals surface area contributed by atoms with Crippen LogP contribution in [0.5, 0.6) is 0 Å². The maximum Gasteiger partial charge on any atom is 0.168 e. The summed E-state index contributed by atoms with van der Waals surface area (Å²) in [5.41, 5.74) is -1.09. The second-order valence-corrected chi connectivity index (χ2v) is 3.83. The molecular weight excluding hydrogens is 154 g/mol. The minimum atomic E-state index is -1.09. The molecule has 1 rings (SSSR count). The van der Waals surface area contributed by atoms with Crippen molar-refractivity contribution in [3.8, 4) is 0 Å². The largest absolute Gasteiger partial charge is 0.381 e. The summed E-state index contributed by atoms with van der Waals surface area (Å²) < 4.78 is 0. The van der Waals surface area contributed by atoms with E-state index in [-0.39, 0.29) is 11.7 Å². The molecule has 1 unspecified atom stereocenters. The van der Waals surface area contributed by atoms with Crippen LogP contribution < -0.4 is 5.32 Å². The van der Waals surface area contributed by atoms with Gasteiger partial charge in [-0.3, -0.25) is 4.79 Å². The van der Waals surface area contributed by atoms with Crippen LogP contribution in [0.2, 0.25) is 0 Å². The Morgan fingerprint density at radius 1 is 1.58 bits per heavy atom. The third kappa shape index (κ3) is 1.84. The minimum absolute atomic E-state index is 0.0327. The number of Topliss-reactive ketones (excluding diaryl/α,β-unsaturated/α-hetero) is 1. The Balaban J connectivity index is 2.62. The molecule has 3 nitrogen and oxygen atoms in total. The van der Waals surface area contributed by atoms with Crippen LogP contribution >= 0.6 is 0 Å². The highest BCUT2D eigenvalue weighted by atomic mass is 16.3. The second kappa shape index (κ2) is 3.54. The molecule has 12 heavy (non-hydrogen) atoms. The number of β-amino-alcohol motifs (C(OH)–C–C–N with tert-alkyl or cyclic N) is 1. The normalized spacial score (nSPS) is 30.7. The summed E-state index contributed by atoms with van der Waals surface area (Å²) in [5.74, 6) is -0.107. The molecule has 0 spiro atoms. The molecular formula is C9H17NO2. The smallest absolute Gasteiger partial charge is 0.168 e. The van der Waals surface area contributed by atoms with Crippen LogP contribution in [0, 0.1) is 5.92 Å². The Kier molecular flexibility index (Phi) is 2.85. The number of hydrogen-bond donors (Lipinski definition) is 2. The monoisotopic (exact) mass is 171 g/mol. The Morgan fingerprint density at radius 2 is 2.25 bits per heavy atom. The summed E-state index contributed by atoms with van der Waals surface area (Å²) in [7, 11) is 0. The van der Waals surface area contributed by atoms with Crippen LogP contribution in [0.1, 0.15) is 26.7 Å². The summed E-state index contributed by atoms with van der Waals surface area (Å²) in [6, 6.07) is 0. The van der Waals surface area contributed by atoms with Crippen LogP contribution in [0.3, 0.4) is 0 Å². The Morgan fingerprint density at radius 3 is 2.67 bits per heavy atom. The first-order valence-corrected chi connectivity index (χ1v) is 4.54. The first-order valence-electron chi connectivity index (χ1n) is 4.54. The zero-order valence-corrected chi connectivity index (χ0v) is 7.76. The van der Waals surface area contributed by atoms with Crippen LogP contribution in [0.15, 0.2) is 0 Å². The molecule has 0 aromatic heterocycles. The van der Waals surface area contributed by atoms with Gasteiger partial charge in [0.2, 0.25) is 0 Å². The average Bonchev–Trinajstić information content (AvgIpc) is 2.04. The standard InChI is InChI=1S/C9H17NO2/c1-7(2)8(11)9(12)4-3-5-10-6-9/h7,10,12H,3-6H2,1-2H3. The van der Waals surface area contributed by atoms with Crippen molar-refractivity contribution in [3.63, 3.8) is 0 Å². The summed E-state index contributed by atoms with van der Waals surface area (Å²) in [6.45, 7) is 4.99. The lowest BCUT2D eigenvalue weighted by Gasteiger charge is -2.32. The summed E-state index contributed by atoms with van der Waals surface area (Å²) in [5, 5.41) is 12.9. The molecule has 1 atom stereocenters. The molecule has 3 heteroatoms. The van der Waals surface area contributed by atoms with Crippen molar-refractivity contribution >= 4 is 5.78 Å². The third-order valence-electron chi connectivity index (χ3n) is 2.34. The van der Waals surface area contributed by atoms with Crippen molar-refractivity contribution in [1.29, 1.82) is 0 Å². The summed E-state index contributed by atoms with van der Waals surface area (Å²) in [4.78, 5) is 11.5. The number of ketones is 1. The predicted octanol–water partition coefficient (Wildman–Crippen LogP) is 0.326. The van der Waals surface area contributed by atoms with E-state index in [9.17, 15) is 9.90 Å². The number of nitrogens with one attached hydrogen (secondary N) is 1. The SMILES string of the molecule is CC(C)C(=O)C1(O)CCCNC1. The molecule has 0 amide bonds. The highest BCUT2D eigenvalue weighted by molar-refractivity contribution is 5.89. The predicted molar refractivity (Wildman–Crippen MR) is 46.9 cm³/mol. The van der Waals surface area contributed by atoms with Crippen molar-refractivity contribution in [2.45, 2.75) is 32.3 Å². The van der Waals surface area contributed by atoms with Gasteiger partial charge in [-0.2, -0.15) is 0 Å². The first kappa shape index (κ1) is 9.68. The second-order valence-electron chi connectivity index (χ2n) is 3.83. The summed E-state index contributed by atoms with van der Waals surface area (Å²) in [6.07, 6.45) is 1.49. The molecule has 1 fully saturated rings. The zero-order valence-electron chi connectivity index (χ0n) is 7.76. The van der Waals surface area contributed by atoms with Crippen LogP contribution in [-0.2, 0) is 4.79 Å². The fourth-order valence-corrected chi connectivity index (χ4v) is 1.64. The molecule has 1 aliphatic heterocycles. The lowest BCUT2D eigenvalue weighted by molar-refractivity contribution is -0.142. The van der Waals surface area contributed by atoms with Gasteiger partial charge in [0.25, 0.3) is 0 Å². The van der Waals surface area contributed by atoms with Crippen molar-refractivity contribution < 1.29 is 9.90 Å². The maximum atomic E-state index is 11.5. The molecule has 0 aliphatic carbocycles. The highest BCUT2D eigenvalue weighted by Gasteiger charge is 2.37. The fourth-order valence-electron chi connectivity index (χ4n) is 1.64. The van der Waals surface area contributed by atoms with Gasteiger partial charge in [0.15, 0.2) is 5.78 Å². The zero-order chi connectivity index (χ0) is 9.19. The molecule has 0 radical (unpaired) electrons. The molecule has 0 aromatic rings. The average molecular weight is 171 g/mol. The molecule has 0 aromatic carbocycles. The van der Waals surface area contributed by atoms with Gasteiger partial charge in [-0.25, -0.2) is 0 Å². The van der Waals surface area contributed by atoms with Gasteiger partial charge < -0.3 is 10.4 Å². The van der Waals surface area contributed by atoms with Gasteiger partial charge in [-0.1, -0.05) is 13.8 Å². The molecule has 0 bridgehead atoms. The van der Waals surface area contributed by atoms with E-state index in [1.54, 1.807) is 0 Å². The number of rotatable bonds is 2. The van der Waals surface area contributed by atoms with E-state index in [0.29, 0.717) is 13.0 Å². The van der Waals surface area contributed by atoms with Crippen LogP contribution in [0.4, 0.5) is 0 Å². The first-order chi connectivity index (χ1) is 5.56. The number of hydrogen-bond acceptors (Lipinski definition) is 3. The van der Waals surface area contributed by atoms with Gasteiger partial charge in [-0.15, -0.1) is 0 Å². The van der Waals surface area contributed by atoms with E-state index < -0.39 is 5.60 Å². The third-order valence-corrected chi connectivity index (χ3v) is 2.34. The van der Waals surface area contributed by atoms with Gasteiger partial charge in [-0.05, 0) is 19.4 Å². The van der Waals surface area contributed by atoms with Gasteiger partial charge in [0.05, 0.1) is 0 Å². The van der Waals surface area contributed by atoms with E-state index >= 15 is 0 Å². The van der Waals surface area contributed by atoms with E-state index in [4.69, 9.17) is 0 Å². The van der Waals surface area contributed by atoms with E-state index in [0.717, 1.165) is 13.0 Å². The number of piperidine rings is 1. The lowest BCUT2D eigenvalue weighted by atomic mass is 9.85. The molecule has 70 valence electrons. The minimum Gasteiger partial charge on any atom is -0.381 e. The number of carbonyl (C=O) groups is 1. The summed E-state index contributed by atoms with van der Waals surface area (Å²) >= 11 is 0. The van der Waals surface area contributed by atoms with Gasteiger partial charge in [0.1, 0.15) is 5.60 Å². The van der Waals surface area contributed by atoms with Crippen LogP contribution in [-0.4, -0.2) is 29.6 Å². The lowest BCUT2D eigenvalue weighted by Crippen LogP contribution is -2.52. The Bertz CT molecular complexity index is 171. The van der Waals surface area contributed by atoms with E-state index in [1.165, 1.54) is 0 Å². The molecule has 2 N–H and O–H groups in total. The number of carbonyl (C=O) groups excluding carboxylic acids is 1. The van der Waals surface area contributed by atoms with Gasteiger partial charge in [0, 0.05) is 12.5 Å². The highest BCUT2D eigenvalue weighted by Crippen LogP contribution is 2.20. The van der Waals surface area contributed by atoms with E-state index in [1.807, 2.05) is 13.8 Å². The fraction of sp³-hybridized carbons (Fsp3) is 0.889. The molecule has 0 saturated carbocycles. The van der Waals surface area contributed by atoms with Crippen molar-refractivity contribution in [3.05, 3.63) is 0 Å². The van der Waals surface area contributed by atoms with E-state index in [2.05, 4.69) is 5.32 Å². The van der Waals surface area contributed by atoms with Crippen molar-refractivity contribution in [2.75, 3.05) is 13.1 Å². The van der Waals surface area contributed by atoms with Crippen molar-refractivity contribution in [1.82, 2.24) is 5.32 Å². The van der Waals surface area contributed by atoms with Gasteiger partial charge >= 0.3 is 0 Å². The molecule has 1 saturated heterocycles. The topological polar surface area (TPSA) is 49.3 Å². The number of aliphatic hydroxyl groups is 1. The molecule has 1 heterocycles. The van der Waals surface area contributed by atoms with Crippen molar-refractivity contribution in [2.24, 2.45) is 5.92 Å². The quantitative estimate of drug-likeness (QED) is 0.629. The molecule has 1 aliphatic rings. The Labute approximate surface area is 73.2 Å². The van der Waals surface area contributed by atoms with Crippen LogP contribution in [0.25, 0.3) is 0 Å². The maximum absolute atomic E-state index is 11.5.